The van der Waals surface area contributed by atoms with Gasteiger partial charge in [0, 0.05) is 6.20 Å². The van der Waals surface area contributed by atoms with Crippen molar-refractivity contribution in [3.05, 3.63) is 30.1 Å². The summed E-state index contributed by atoms with van der Waals surface area (Å²) in [6.45, 7) is 0. The predicted octanol–water partition coefficient (Wildman–Crippen LogP) is 3.47. The Balaban J connectivity index is 1.75. The first-order chi connectivity index (χ1) is 9.66. The zero-order chi connectivity index (χ0) is 13.7. The van der Waals surface area contributed by atoms with E-state index >= 15 is 0 Å². The maximum atomic E-state index is 12.0. The topological polar surface area (TPSA) is 50.2 Å². The van der Waals surface area contributed by atoms with E-state index in [1.54, 1.807) is 6.20 Å². The van der Waals surface area contributed by atoms with Gasteiger partial charge in [-0.15, -0.1) is 0 Å². The average Bonchev–Trinajstić information content (AvgIpc) is 2.37. The van der Waals surface area contributed by atoms with Crippen LogP contribution in [0, 0.1) is 23.2 Å². The predicted molar refractivity (Wildman–Crippen MR) is 75.2 cm³/mol. The maximum Gasteiger partial charge on any atom is 0.313 e. The maximum absolute atomic E-state index is 12.0. The summed E-state index contributed by atoms with van der Waals surface area (Å²) in [5.41, 5.74) is 0.747. The van der Waals surface area contributed by atoms with Crippen LogP contribution in [0.1, 0.15) is 50.1 Å². The highest BCUT2D eigenvalue weighted by Gasteiger charge is 2.56. The third-order valence-electron chi connectivity index (χ3n) is 5.93. The lowest BCUT2D eigenvalue weighted by molar-refractivity contribution is -0.150. The highest BCUT2D eigenvalue weighted by molar-refractivity contribution is 5.76. The van der Waals surface area contributed by atoms with Crippen LogP contribution >= 0.6 is 0 Å². The molecule has 20 heavy (non-hydrogen) atoms. The Bertz CT molecular complexity index is 490. The fourth-order valence-corrected chi connectivity index (χ4v) is 5.78. The molecule has 1 N–H and O–H groups in total. The number of hydrogen-bond donors (Lipinski definition) is 1. The zero-order valence-electron chi connectivity index (χ0n) is 11.7. The van der Waals surface area contributed by atoms with Crippen molar-refractivity contribution in [3.63, 3.8) is 0 Å². The number of hydrogen-bond acceptors (Lipinski definition) is 2. The van der Waals surface area contributed by atoms with Gasteiger partial charge in [0.15, 0.2) is 0 Å². The first-order valence-electron chi connectivity index (χ1n) is 7.80. The molecule has 4 aliphatic rings. The molecule has 0 amide bonds. The van der Waals surface area contributed by atoms with Crippen LogP contribution in [0.15, 0.2) is 24.4 Å². The second-order valence-electron chi connectivity index (χ2n) is 7.31. The van der Waals surface area contributed by atoms with Gasteiger partial charge in [-0.3, -0.25) is 9.78 Å². The number of carboxylic acids is 1. The summed E-state index contributed by atoms with van der Waals surface area (Å²) >= 11 is 0. The van der Waals surface area contributed by atoms with Crippen molar-refractivity contribution in [1.29, 1.82) is 0 Å². The Kier molecular flexibility index (Phi) is 2.66. The van der Waals surface area contributed by atoms with E-state index in [2.05, 4.69) is 4.98 Å². The summed E-state index contributed by atoms with van der Waals surface area (Å²) in [6, 6.07) is 5.68. The monoisotopic (exact) mass is 271 g/mol. The van der Waals surface area contributed by atoms with Gasteiger partial charge in [-0.25, -0.2) is 0 Å². The first-order valence-corrected chi connectivity index (χ1v) is 7.80. The number of carbonyl (C=O) groups is 1. The highest BCUT2D eigenvalue weighted by atomic mass is 16.4. The third-order valence-corrected chi connectivity index (χ3v) is 5.93. The van der Waals surface area contributed by atoms with Gasteiger partial charge in [-0.2, -0.15) is 0 Å². The van der Waals surface area contributed by atoms with E-state index in [9.17, 15) is 9.90 Å². The first kappa shape index (κ1) is 12.4. The van der Waals surface area contributed by atoms with Gasteiger partial charge < -0.3 is 5.11 Å². The van der Waals surface area contributed by atoms with E-state index in [1.165, 1.54) is 19.3 Å². The quantitative estimate of drug-likeness (QED) is 0.915. The Morgan fingerprint density at radius 1 is 1.15 bits per heavy atom. The Hall–Kier alpha value is -1.38. The van der Waals surface area contributed by atoms with Crippen molar-refractivity contribution in [2.24, 2.45) is 23.2 Å². The summed E-state index contributed by atoms with van der Waals surface area (Å²) in [5.74, 6) is 1.23. The molecule has 0 saturated heterocycles. The SMILES string of the molecule is O=C(O)C(c1ccccn1)C12CC3CC(CC(C3)C1)C2. The molecule has 3 heteroatoms. The molecule has 1 unspecified atom stereocenters. The van der Waals surface area contributed by atoms with Crippen LogP contribution in [0.4, 0.5) is 0 Å². The molecule has 106 valence electrons. The molecular weight excluding hydrogens is 250 g/mol. The number of nitrogens with zero attached hydrogens (tertiary/aromatic N) is 1. The summed E-state index contributed by atoms with van der Waals surface area (Å²) in [5, 5.41) is 9.85. The molecule has 4 saturated carbocycles. The van der Waals surface area contributed by atoms with Crippen molar-refractivity contribution in [1.82, 2.24) is 4.98 Å². The Labute approximate surface area is 119 Å². The molecule has 3 nitrogen and oxygen atoms in total. The van der Waals surface area contributed by atoms with E-state index in [0.717, 1.165) is 42.7 Å². The zero-order valence-corrected chi connectivity index (χ0v) is 11.7. The van der Waals surface area contributed by atoms with Gasteiger partial charge in [-0.1, -0.05) is 6.07 Å². The molecule has 0 radical (unpaired) electrons. The number of aromatic nitrogens is 1. The lowest BCUT2D eigenvalue weighted by atomic mass is 9.46. The average molecular weight is 271 g/mol. The van der Waals surface area contributed by atoms with E-state index in [-0.39, 0.29) is 5.41 Å². The van der Waals surface area contributed by atoms with Crippen LogP contribution < -0.4 is 0 Å². The summed E-state index contributed by atoms with van der Waals surface area (Å²) < 4.78 is 0. The summed E-state index contributed by atoms with van der Waals surface area (Å²) in [7, 11) is 0. The molecule has 1 atom stereocenters. The molecule has 5 rings (SSSR count). The van der Waals surface area contributed by atoms with Crippen LogP contribution in [-0.4, -0.2) is 16.1 Å². The van der Waals surface area contributed by atoms with E-state index < -0.39 is 11.9 Å². The molecule has 1 aromatic heterocycles. The largest absolute Gasteiger partial charge is 0.481 e. The van der Waals surface area contributed by atoms with Crippen LogP contribution in [0.25, 0.3) is 0 Å². The van der Waals surface area contributed by atoms with E-state index in [0.29, 0.717) is 0 Å². The van der Waals surface area contributed by atoms with E-state index in [1.807, 2.05) is 18.2 Å². The summed E-state index contributed by atoms with van der Waals surface area (Å²) in [4.78, 5) is 16.4. The fraction of sp³-hybridized carbons (Fsp3) is 0.647. The lowest BCUT2D eigenvalue weighted by Crippen LogP contribution is -2.50. The highest BCUT2D eigenvalue weighted by Crippen LogP contribution is 2.64. The van der Waals surface area contributed by atoms with Gasteiger partial charge >= 0.3 is 5.97 Å². The smallest absolute Gasteiger partial charge is 0.313 e. The van der Waals surface area contributed by atoms with Crippen LogP contribution in [0.2, 0.25) is 0 Å². The van der Waals surface area contributed by atoms with Gasteiger partial charge in [-0.05, 0) is 73.8 Å². The lowest BCUT2D eigenvalue weighted by Gasteiger charge is -2.58. The molecule has 0 aliphatic heterocycles. The molecule has 4 bridgehead atoms. The molecule has 4 fully saturated rings. The summed E-state index contributed by atoms with van der Waals surface area (Å²) in [6.07, 6.45) is 9.06. The Morgan fingerprint density at radius 3 is 2.20 bits per heavy atom. The molecular formula is C17H21NO2. The number of aliphatic carboxylic acids is 1. The Morgan fingerprint density at radius 2 is 1.75 bits per heavy atom. The minimum atomic E-state index is -0.675. The van der Waals surface area contributed by atoms with Crippen LogP contribution in [0.5, 0.6) is 0 Å². The minimum absolute atomic E-state index is 0.0189. The van der Waals surface area contributed by atoms with Gasteiger partial charge in [0.2, 0.25) is 0 Å². The standard InChI is InChI=1S/C17H21NO2/c19-16(20)15(14-3-1-2-4-18-14)17-8-11-5-12(9-17)7-13(6-11)10-17/h1-4,11-13,15H,5-10H2,(H,19,20). The van der Waals surface area contributed by atoms with E-state index in [4.69, 9.17) is 0 Å². The van der Waals surface area contributed by atoms with Crippen molar-refractivity contribution < 1.29 is 9.90 Å². The van der Waals surface area contributed by atoms with Crippen molar-refractivity contribution in [2.75, 3.05) is 0 Å². The number of rotatable bonds is 3. The van der Waals surface area contributed by atoms with Crippen LogP contribution in [-0.2, 0) is 4.79 Å². The fourth-order valence-electron chi connectivity index (χ4n) is 5.78. The molecule has 4 aliphatic carbocycles. The van der Waals surface area contributed by atoms with Gasteiger partial charge in [0.25, 0.3) is 0 Å². The van der Waals surface area contributed by atoms with Crippen molar-refractivity contribution in [2.45, 2.75) is 44.4 Å². The van der Waals surface area contributed by atoms with Crippen LogP contribution in [0.3, 0.4) is 0 Å². The molecule has 1 aromatic rings. The van der Waals surface area contributed by atoms with Gasteiger partial charge in [0.1, 0.15) is 5.92 Å². The van der Waals surface area contributed by atoms with Crippen molar-refractivity contribution >= 4 is 5.97 Å². The second-order valence-corrected chi connectivity index (χ2v) is 7.31. The van der Waals surface area contributed by atoms with Crippen molar-refractivity contribution in [3.8, 4) is 0 Å². The number of carboxylic acid groups (broad SMARTS) is 1. The molecule has 0 aromatic carbocycles. The normalized spacial score (nSPS) is 39.7. The second kappa shape index (κ2) is 4.31. The number of pyridine rings is 1. The van der Waals surface area contributed by atoms with Gasteiger partial charge in [0.05, 0.1) is 5.69 Å². The molecule has 1 heterocycles. The third kappa shape index (κ3) is 1.79. The molecule has 0 spiro atoms. The minimum Gasteiger partial charge on any atom is -0.481 e.